The molecule has 1 atom stereocenters. The van der Waals surface area contributed by atoms with E-state index in [0.717, 1.165) is 6.42 Å². The third-order valence-corrected chi connectivity index (χ3v) is 4.67. The number of fused-ring (bicyclic) bond motifs is 1. The SMILES string of the molecule is CC(C)CC(C)NS(=O)(=O)c1c(NN)nc2ccccn12. The summed E-state index contributed by atoms with van der Waals surface area (Å²) in [6, 6.07) is 5.08. The molecule has 2 rings (SSSR count). The number of pyridine rings is 1. The van der Waals surface area contributed by atoms with Gasteiger partial charge in [0.25, 0.3) is 10.0 Å². The van der Waals surface area contributed by atoms with Gasteiger partial charge in [0.05, 0.1) is 0 Å². The van der Waals surface area contributed by atoms with E-state index >= 15 is 0 Å². The van der Waals surface area contributed by atoms with Crippen molar-refractivity contribution in [2.75, 3.05) is 5.43 Å². The molecule has 0 amide bonds. The second kappa shape index (κ2) is 6.00. The quantitative estimate of drug-likeness (QED) is 0.552. The van der Waals surface area contributed by atoms with Gasteiger partial charge in [0, 0.05) is 12.2 Å². The van der Waals surface area contributed by atoms with Crippen molar-refractivity contribution in [3.63, 3.8) is 0 Å². The van der Waals surface area contributed by atoms with E-state index in [9.17, 15) is 8.42 Å². The van der Waals surface area contributed by atoms with Crippen LogP contribution < -0.4 is 16.0 Å². The first-order valence-corrected chi connectivity index (χ1v) is 8.29. The van der Waals surface area contributed by atoms with Crippen LogP contribution >= 0.6 is 0 Å². The molecular weight excluding hydrogens is 290 g/mol. The van der Waals surface area contributed by atoms with Crippen molar-refractivity contribution in [2.45, 2.75) is 38.3 Å². The second-order valence-electron chi connectivity index (χ2n) is 5.49. The normalized spacial score (nSPS) is 13.8. The number of hydrogen-bond acceptors (Lipinski definition) is 5. The van der Waals surface area contributed by atoms with E-state index < -0.39 is 10.0 Å². The summed E-state index contributed by atoms with van der Waals surface area (Å²) in [5, 5.41) is 0.0243. The van der Waals surface area contributed by atoms with Crippen LogP contribution in [0.1, 0.15) is 27.2 Å². The Morgan fingerprint density at radius 1 is 1.33 bits per heavy atom. The van der Waals surface area contributed by atoms with Crippen LogP contribution in [0.4, 0.5) is 5.82 Å². The molecular formula is C13H21N5O2S. The van der Waals surface area contributed by atoms with Crippen LogP contribution in [0.25, 0.3) is 5.65 Å². The highest BCUT2D eigenvalue weighted by atomic mass is 32.2. The highest BCUT2D eigenvalue weighted by molar-refractivity contribution is 7.89. The van der Waals surface area contributed by atoms with Crippen LogP contribution in [0.15, 0.2) is 29.4 Å². The first-order valence-electron chi connectivity index (χ1n) is 6.81. The number of anilines is 1. The van der Waals surface area contributed by atoms with Gasteiger partial charge in [-0.15, -0.1) is 0 Å². The van der Waals surface area contributed by atoms with E-state index in [2.05, 4.69) is 15.1 Å². The third kappa shape index (κ3) is 3.34. The molecule has 21 heavy (non-hydrogen) atoms. The van der Waals surface area contributed by atoms with Crippen molar-refractivity contribution < 1.29 is 8.42 Å². The molecule has 0 spiro atoms. The number of nitrogens with two attached hydrogens (primary N) is 1. The third-order valence-electron chi connectivity index (χ3n) is 3.06. The monoisotopic (exact) mass is 311 g/mol. The lowest BCUT2D eigenvalue weighted by Crippen LogP contribution is -2.34. The maximum Gasteiger partial charge on any atom is 0.260 e. The summed E-state index contributed by atoms with van der Waals surface area (Å²) in [4.78, 5) is 4.17. The van der Waals surface area contributed by atoms with Crippen LogP contribution in [-0.2, 0) is 10.0 Å². The summed E-state index contributed by atoms with van der Waals surface area (Å²) in [6.45, 7) is 5.94. The van der Waals surface area contributed by atoms with Gasteiger partial charge in [0.2, 0.25) is 0 Å². The Hall–Kier alpha value is -1.64. The number of hydrazine groups is 1. The second-order valence-corrected chi connectivity index (χ2v) is 7.12. The van der Waals surface area contributed by atoms with Crippen LogP contribution in [0.3, 0.4) is 0 Å². The molecule has 1 unspecified atom stereocenters. The van der Waals surface area contributed by atoms with Gasteiger partial charge in [-0.05, 0) is 31.4 Å². The first kappa shape index (κ1) is 15.7. The molecule has 0 saturated heterocycles. The molecule has 0 aliphatic heterocycles. The minimum Gasteiger partial charge on any atom is -0.306 e. The van der Waals surface area contributed by atoms with Crippen molar-refractivity contribution >= 4 is 21.5 Å². The Morgan fingerprint density at radius 2 is 2.05 bits per heavy atom. The lowest BCUT2D eigenvalue weighted by Gasteiger charge is -2.16. The van der Waals surface area contributed by atoms with E-state index in [-0.39, 0.29) is 16.9 Å². The van der Waals surface area contributed by atoms with Crippen molar-refractivity contribution in [2.24, 2.45) is 11.8 Å². The van der Waals surface area contributed by atoms with E-state index in [4.69, 9.17) is 5.84 Å². The number of rotatable bonds is 6. The van der Waals surface area contributed by atoms with Gasteiger partial charge >= 0.3 is 0 Å². The fourth-order valence-electron chi connectivity index (χ4n) is 2.40. The average molecular weight is 311 g/mol. The number of aromatic nitrogens is 2. The minimum absolute atomic E-state index is 0.0243. The smallest absolute Gasteiger partial charge is 0.260 e. The van der Waals surface area contributed by atoms with E-state index in [0.29, 0.717) is 11.6 Å². The average Bonchev–Trinajstić information content (AvgIpc) is 2.75. The van der Waals surface area contributed by atoms with Gasteiger partial charge in [0.1, 0.15) is 5.65 Å². The predicted octanol–water partition coefficient (Wildman–Crippen LogP) is 1.33. The van der Waals surface area contributed by atoms with Crippen LogP contribution in [0.5, 0.6) is 0 Å². The molecule has 0 bridgehead atoms. The lowest BCUT2D eigenvalue weighted by atomic mass is 10.1. The Balaban J connectivity index is 2.44. The largest absolute Gasteiger partial charge is 0.306 e. The van der Waals surface area contributed by atoms with Crippen molar-refractivity contribution in [3.8, 4) is 0 Å². The van der Waals surface area contributed by atoms with Crippen LogP contribution in [0, 0.1) is 5.92 Å². The summed E-state index contributed by atoms with van der Waals surface area (Å²) in [5.74, 6) is 5.93. The Labute approximate surface area is 124 Å². The number of hydrogen-bond donors (Lipinski definition) is 3. The Kier molecular flexibility index (Phi) is 4.50. The standard InChI is InChI=1S/C13H21N5O2S/c1-9(2)8-10(3)17-21(19,20)13-12(16-14)15-11-6-4-5-7-18(11)13/h4-7,9-10,16-17H,8,14H2,1-3H3. The van der Waals surface area contributed by atoms with E-state index in [1.165, 1.54) is 4.40 Å². The summed E-state index contributed by atoms with van der Waals surface area (Å²) in [7, 11) is -3.72. The van der Waals surface area contributed by atoms with Crippen molar-refractivity contribution in [1.82, 2.24) is 14.1 Å². The highest BCUT2D eigenvalue weighted by Crippen LogP contribution is 2.22. The predicted molar refractivity (Wildman–Crippen MR) is 82.2 cm³/mol. The maximum atomic E-state index is 12.6. The summed E-state index contributed by atoms with van der Waals surface area (Å²) < 4.78 is 29.4. The molecule has 0 radical (unpaired) electrons. The number of nitrogens with one attached hydrogen (secondary N) is 2. The van der Waals surface area contributed by atoms with Gasteiger partial charge in [-0.2, -0.15) is 0 Å². The molecule has 0 aliphatic carbocycles. The highest BCUT2D eigenvalue weighted by Gasteiger charge is 2.26. The van der Waals surface area contributed by atoms with Crippen LogP contribution in [0.2, 0.25) is 0 Å². The zero-order chi connectivity index (χ0) is 15.6. The zero-order valence-corrected chi connectivity index (χ0v) is 13.2. The molecule has 0 aliphatic rings. The number of nitrogen functional groups attached to an aromatic ring is 1. The molecule has 116 valence electrons. The number of nitrogens with zero attached hydrogens (tertiary/aromatic N) is 2. The molecule has 7 nitrogen and oxygen atoms in total. The first-order chi connectivity index (χ1) is 9.85. The van der Waals surface area contributed by atoms with Crippen LogP contribution in [-0.4, -0.2) is 23.8 Å². The Morgan fingerprint density at radius 3 is 2.67 bits per heavy atom. The molecule has 0 saturated carbocycles. The lowest BCUT2D eigenvalue weighted by molar-refractivity contribution is 0.481. The van der Waals surface area contributed by atoms with Gasteiger partial charge in [0.15, 0.2) is 10.8 Å². The molecule has 0 fully saturated rings. The fraction of sp³-hybridized carbons (Fsp3) is 0.462. The molecule has 2 aromatic heterocycles. The molecule has 2 heterocycles. The topological polar surface area (TPSA) is 102 Å². The minimum atomic E-state index is -3.72. The van der Waals surface area contributed by atoms with E-state index in [1.807, 2.05) is 20.8 Å². The van der Waals surface area contributed by atoms with Gasteiger partial charge in [-0.3, -0.25) is 4.40 Å². The maximum absolute atomic E-state index is 12.6. The summed E-state index contributed by atoms with van der Waals surface area (Å²) in [5.41, 5.74) is 2.87. The molecule has 0 aromatic carbocycles. The van der Waals surface area contributed by atoms with Gasteiger partial charge < -0.3 is 5.43 Å². The Bertz CT molecular complexity index is 723. The van der Waals surface area contributed by atoms with Crippen molar-refractivity contribution in [3.05, 3.63) is 24.4 Å². The summed E-state index contributed by atoms with van der Waals surface area (Å²) >= 11 is 0. The number of sulfonamides is 1. The van der Waals surface area contributed by atoms with Gasteiger partial charge in [-0.1, -0.05) is 19.9 Å². The fourth-order valence-corrected chi connectivity index (χ4v) is 3.91. The van der Waals surface area contributed by atoms with Gasteiger partial charge in [-0.25, -0.2) is 24.0 Å². The summed E-state index contributed by atoms with van der Waals surface area (Å²) in [6.07, 6.45) is 2.40. The molecule has 8 heteroatoms. The van der Waals surface area contributed by atoms with E-state index in [1.54, 1.807) is 24.4 Å². The van der Waals surface area contributed by atoms with Crippen molar-refractivity contribution in [1.29, 1.82) is 0 Å². The number of imidazole rings is 1. The molecule has 4 N–H and O–H groups in total. The molecule has 2 aromatic rings. The zero-order valence-electron chi connectivity index (χ0n) is 12.4.